The van der Waals surface area contributed by atoms with E-state index in [1.165, 1.54) is 23.7 Å². The summed E-state index contributed by atoms with van der Waals surface area (Å²) in [6.07, 6.45) is -3.15. The van der Waals surface area contributed by atoms with Crippen LogP contribution in [-0.4, -0.2) is 57.9 Å². The highest BCUT2D eigenvalue weighted by atomic mass is 35.5. The molecule has 0 bridgehead atoms. The number of fused-ring (bicyclic) bond motifs is 1. The number of halogens is 2. The zero-order valence-corrected chi connectivity index (χ0v) is 19.7. The number of aromatic nitrogens is 3. The third-order valence-electron chi connectivity index (χ3n) is 6.04. The van der Waals surface area contributed by atoms with Crippen molar-refractivity contribution >= 4 is 23.5 Å². The minimum absolute atomic E-state index is 0.0276. The van der Waals surface area contributed by atoms with Crippen molar-refractivity contribution in [3.63, 3.8) is 0 Å². The molecule has 1 unspecified atom stereocenters. The van der Waals surface area contributed by atoms with Crippen LogP contribution in [0, 0.1) is 5.82 Å². The van der Waals surface area contributed by atoms with Crippen LogP contribution in [0.25, 0.3) is 11.3 Å². The van der Waals surface area contributed by atoms with Crippen LogP contribution in [0.15, 0.2) is 54.7 Å². The molecule has 12 heteroatoms. The number of ether oxygens (including phenoxy) is 4. The van der Waals surface area contributed by atoms with E-state index in [0.29, 0.717) is 11.3 Å². The average molecular weight is 517 g/mol. The molecule has 2 N–H and O–H groups in total. The van der Waals surface area contributed by atoms with Gasteiger partial charge in [-0.05, 0) is 12.1 Å². The van der Waals surface area contributed by atoms with Crippen LogP contribution in [0.1, 0.15) is 24.8 Å². The fourth-order valence-electron chi connectivity index (χ4n) is 4.44. The number of nitrogens with zero attached hydrogens (tertiary/aromatic N) is 3. The Hall–Kier alpha value is -3.38. The van der Waals surface area contributed by atoms with Crippen molar-refractivity contribution in [1.82, 2.24) is 15.0 Å². The van der Waals surface area contributed by atoms with Gasteiger partial charge in [0, 0.05) is 18.1 Å². The maximum atomic E-state index is 14.1. The smallest absolute Gasteiger partial charge is 0.303 e. The van der Waals surface area contributed by atoms with Crippen LogP contribution in [-0.2, 0) is 28.5 Å². The van der Waals surface area contributed by atoms with Crippen molar-refractivity contribution in [2.75, 3.05) is 6.61 Å². The van der Waals surface area contributed by atoms with Crippen LogP contribution in [0.4, 0.5) is 4.39 Å². The number of hydrogen-bond donors (Lipinski definition) is 1. The predicted molar refractivity (Wildman–Crippen MR) is 123 cm³/mol. The van der Waals surface area contributed by atoms with E-state index in [1.54, 1.807) is 12.3 Å². The van der Waals surface area contributed by atoms with Gasteiger partial charge in [0.05, 0.1) is 17.8 Å². The number of carbonyl (C=O) groups is 2. The van der Waals surface area contributed by atoms with E-state index in [9.17, 15) is 14.0 Å². The third-order valence-corrected chi connectivity index (χ3v) is 6.34. The molecule has 2 saturated heterocycles. The summed E-state index contributed by atoms with van der Waals surface area (Å²) in [6.45, 7) is 1.29. The lowest BCUT2D eigenvalue weighted by atomic mass is 9.91. The molecule has 36 heavy (non-hydrogen) atoms. The lowest BCUT2D eigenvalue weighted by Crippen LogP contribution is -2.63. The highest BCUT2D eigenvalue weighted by Gasteiger charge is 2.54. The molecule has 6 atom stereocenters. The van der Waals surface area contributed by atoms with E-state index in [2.05, 4.69) is 10.3 Å². The van der Waals surface area contributed by atoms with Gasteiger partial charge in [0.15, 0.2) is 18.5 Å². The Labute approximate surface area is 210 Å². The van der Waals surface area contributed by atoms with Crippen LogP contribution in [0.2, 0.25) is 5.02 Å². The first-order chi connectivity index (χ1) is 17.3. The largest absolute Gasteiger partial charge is 0.457 e. The summed E-state index contributed by atoms with van der Waals surface area (Å²) in [5, 5.41) is 8.32. The second kappa shape index (κ2) is 9.94. The van der Waals surface area contributed by atoms with Gasteiger partial charge in [-0.25, -0.2) is 9.07 Å². The van der Waals surface area contributed by atoms with Gasteiger partial charge in [-0.2, -0.15) is 0 Å². The zero-order valence-electron chi connectivity index (χ0n) is 19.0. The van der Waals surface area contributed by atoms with Crippen molar-refractivity contribution in [2.24, 2.45) is 5.73 Å². The number of esters is 1. The molecular weight excluding hydrogens is 495 g/mol. The van der Waals surface area contributed by atoms with Crippen LogP contribution >= 0.6 is 11.6 Å². The maximum Gasteiger partial charge on any atom is 0.303 e. The van der Waals surface area contributed by atoms with E-state index < -0.39 is 54.4 Å². The lowest BCUT2D eigenvalue weighted by molar-refractivity contribution is -0.313. The van der Waals surface area contributed by atoms with Gasteiger partial charge in [0.2, 0.25) is 0 Å². The van der Waals surface area contributed by atoms with Gasteiger partial charge in [-0.3, -0.25) is 9.59 Å². The number of amides is 1. The number of carbonyl (C=O) groups excluding carboxylic acids is 2. The summed E-state index contributed by atoms with van der Waals surface area (Å²) in [5.41, 5.74) is 7.13. The van der Waals surface area contributed by atoms with E-state index in [1.807, 2.05) is 30.3 Å². The Morgan fingerprint density at radius 1 is 1.19 bits per heavy atom. The van der Waals surface area contributed by atoms with Gasteiger partial charge < -0.3 is 24.7 Å². The van der Waals surface area contributed by atoms with Gasteiger partial charge in [0.25, 0.3) is 5.91 Å². The van der Waals surface area contributed by atoms with Crippen molar-refractivity contribution in [2.45, 2.75) is 43.7 Å². The van der Waals surface area contributed by atoms with Crippen LogP contribution in [0.5, 0.6) is 0 Å². The molecule has 1 amide bonds. The molecule has 2 aromatic carbocycles. The van der Waals surface area contributed by atoms with Crippen LogP contribution < -0.4 is 5.73 Å². The Balaban J connectivity index is 1.55. The van der Waals surface area contributed by atoms with E-state index in [-0.39, 0.29) is 11.6 Å². The number of benzene rings is 2. The second-order valence-corrected chi connectivity index (χ2v) is 8.86. The molecule has 188 valence electrons. The second-order valence-electron chi connectivity index (χ2n) is 8.45. The highest BCUT2D eigenvalue weighted by molar-refractivity contribution is 6.30. The first kappa shape index (κ1) is 24.3. The normalized spacial score (nSPS) is 27.8. The molecule has 2 fully saturated rings. The predicted octanol–water partition coefficient (Wildman–Crippen LogP) is 2.58. The van der Waals surface area contributed by atoms with E-state index in [0.717, 1.165) is 5.56 Å². The molecule has 0 aliphatic carbocycles. The molecule has 0 saturated carbocycles. The molecule has 2 aliphatic heterocycles. The molecule has 5 rings (SSSR count). The Bertz CT molecular complexity index is 1270. The topological polar surface area (TPSA) is 128 Å². The molecular formula is C24H22ClFN4O6. The van der Waals surface area contributed by atoms with Gasteiger partial charge in [0.1, 0.15) is 29.8 Å². The monoisotopic (exact) mass is 516 g/mol. The van der Waals surface area contributed by atoms with Crippen molar-refractivity contribution in [3.05, 3.63) is 71.1 Å². The molecule has 10 nitrogen and oxygen atoms in total. The number of primary amides is 1. The third kappa shape index (κ3) is 4.70. The molecule has 3 aromatic rings. The fourth-order valence-corrected chi connectivity index (χ4v) is 4.56. The Morgan fingerprint density at radius 3 is 2.67 bits per heavy atom. The van der Waals surface area contributed by atoms with E-state index in [4.69, 9.17) is 36.3 Å². The molecule has 0 radical (unpaired) electrons. The zero-order chi connectivity index (χ0) is 25.4. The quantitative estimate of drug-likeness (QED) is 0.512. The number of nitrogens with two attached hydrogens (primary N) is 1. The fraction of sp³-hybridized carbons (Fsp3) is 0.333. The lowest BCUT2D eigenvalue weighted by Gasteiger charge is -2.48. The average Bonchev–Trinajstić information content (AvgIpc) is 3.35. The van der Waals surface area contributed by atoms with Gasteiger partial charge in [-0.1, -0.05) is 53.2 Å². The summed E-state index contributed by atoms with van der Waals surface area (Å²) in [6, 6.07) is 12.6. The first-order valence-corrected chi connectivity index (χ1v) is 11.5. The Morgan fingerprint density at radius 2 is 1.97 bits per heavy atom. The number of rotatable bonds is 5. The van der Waals surface area contributed by atoms with Crippen LogP contribution in [0.3, 0.4) is 0 Å². The Kier molecular flexibility index (Phi) is 6.71. The summed E-state index contributed by atoms with van der Waals surface area (Å²) in [4.78, 5) is 24.3. The van der Waals surface area contributed by atoms with Crippen molar-refractivity contribution < 1.29 is 32.9 Å². The minimum atomic E-state index is -1.29. The number of hydrogen-bond acceptors (Lipinski definition) is 8. The van der Waals surface area contributed by atoms with Crippen molar-refractivity contribution in [1.29, 1.82) is 0 Å². The molecule has 3 heterocycles. The minimum Gasteiger partial charge on any atom is -0.457 e. The summed E-state index contributed by atoms with van der Waals surface area (Å²) in [5.74, 6) is -2.08. The molecule has 2 aliphatic rings. The summed E-state index contributed by atoms with van der Waals surface area (Å²) in [7, 11) is 0. The highest BCUT2D eigenvalue weighted by Crippen LogP contribution is 2.40. The van der Waals surface area contributed by atoms with Gasteiger partial charge in [-0.15, -0.1) is 5.10 Å². The van der Waals surface area contributed by atoms with E-state index >= 15 is 0 Å². The van der Waals surface area contributed by atoms with Gasteiger partial charge >= 0.3 is 5.97 Å². The first-order valence-electron chi connectivity index (χ1n) is 11.1. The summed E-state index contributed by atoms with van der Waals surface area (Å²) < 4.78 is 39.0. The summed E-state index contributed by atoms with van der Waals surface area (Å²) >= 11 is 5.80. The SMILES string of the molecule is CC(=O)O[C@@H]1[C@@H](n2cc(-c3ccc(Cl)c(F)c3)nn2)[C@H]2OC(c3ccccc3)OC[C@H]2O[C@H]1C(N)=O. The van der Waals surface area contributed by atoms with Crippen molar-refractivity contribution in [3.8, 4) is 11.3 Å². The standard InChI is InChI=1S/C24H22ClFN4O6/c1-12(31)34-21-19(30-10-17(28-29-30)14-7-8-15(25)16(26)9-14)20-18(35-22(21)23(27)32)11-33-24(36-20)13-5-3-2-4-6-13/h2-10,18-22,24H,11H2,1H3,(H2,27,32)/t18-,19+,20+,21-,22-,24?/m1/s1. The maximum absolute atomic E-state index is 14.1. The molecule has 1 aromatic heterocycles. The molecule has 0 spiro atoms.